The van der Waals surface area contributed by atoms with Crippen molar-refractivity contribution >= 4 is 5.97 Å². The van der Waals surface area contributed by atoms with Crippen molar-refractivity contribution in [1.82, 2.24) is 15.2 Å². The number of rotatable bonds is 6. The van der Waals surface area contributed by atoms with E-state index in [0.29, 0.717) is 6.54 Å². The topological polar surface area (TPSA) is 65.5 Å². The maximum absolute atomic E-state index is 10.8. The molecule has 2 heterocycles. The van der Waals surface area contributed by atoms with Gasteiger partial charge in [-0.3, -0.25) is 0 Å². The average molecular weight is 277 g/mol. The Morgan fingerprint density at radius 2 is 2.20 bits per heavy atom. The highest BCUT2D eigenvalue weighted by molar-refractivity contribution is 5.85. The van der Waals surface area contributed by atoms with Gasteiger partial charge in [-0.1, -0.05) is 13.0 Å². The number of hydrogen-bond acceptors (Lipinski definition) is 4. The van der Waals surface area contributed by atoms with E-state index in [1.165, 1.54) is 32.0 Å². The first-order valence-electron chi connectivity index (χ1n) is 7.31. The molecule has 110 valence electrons. The smallest absolute Gasteiger partial charge is 0.354 e. The van der Waals surface area contributed by atoms with Crippen LogP contribution in [0.5, 0.6) is 0 Å². The van der Waals surface area contributed by atoms with Gasteiger partial charge in [-0.05, 0) is 57.1 Å². The number of nitrogens with one attached hydrogen (secondary N) is 1. The Morgan fingerprint density at radius 1 is 1.45 bits per heavy atom. The Labute approximate surface area is 120 Å². The molecule has 0 radical (unpaired) electrons. The van der Waals surface area contributed by atoms with Crippen LogP contribution in [0.25, 0.3) is 0 Å². The van der Waals surface area contributed by atoms with Crippen LogP contribution in [0.3, 0.4) is 0 Å². The Bertz CT molecular complexity index is 442. The van der Waals surface area contributed by atoms with Gasteiger partial charge in [0.25, 0.3) is 0 Å². The molecular weight excluding hydrogens is 254 g/mol. The molecule has 1 aromatic rings. The van der Waals surface area contributed by atoms with E-state index in [4.69, 9.17) is 5.11 Å². The first-order valence-corrected chi connectivity index (χ1v) is 7.31. The Morgan fingerprint density at radius 3 is 2.85 bits per heavy atom. The molecule has 1 saturated heterocycles. The van der Waals surface area contributed by atoms with Crippen LogP contribution >= 0.6 is 0 Å². The number of carbonyl (C=O) groups is 1. The van der Waals surface area contributed by atoms with Gasteiger partial charge in [-0.25, -0.2) is 9.78 Å². The first kappa shape index (κ1) is 14.9. The van der Waals surface area contributed by atoms with E-state index in [0.717, 1.165) is 24.7 Å². The number of aromatic nitrogens is 1. The van der Waals surface area contributed by atoms with Gasteiger partial charge in [0.05, 0.1) is 5.69 Å². The normalized spacial score (nSPS) is 17.2. The lowest BCUT2D eigenvalue weighted by atomic mass is 9.97. The van der Waals surface area contributed by atoms with Crippen LogP contribution in [0.1, 0.15) is 35.9 Å². The molecule has 0 spiro atoms. The van der Waals surface area contributed by atoms with E-state index in [1.54, 1.807) is 6.07 Å². The van der Waals surface area contributed by atoms with E-state index in [1.807, 2.05) is 6.07 Å². The summed E-state index contributed by atoms with van der Waals surface area (Å²) >= 11 is 0. The fourth-order valence-corrected chi connectivity index (χ4v) is 2.61. The minimum Gasteiger partial charge on any atom is -0.477 e. The third-order valence-electron chi connectivity index (χ3n) is 3.92. The van der Waals surface area contributed by atoms with Crippen molar-refractivity contribution < 1.29 is 9.90 Å². The third kappa shape index (κ3) is 4.28. The van der Waals surface area contributed by atoms with Crippen LogP contribution in [0.4, 0.5) is 0 Å². The zero-order chi connectivity index (χ0) is 14.4. The molecule has 0 bridgehead atoms. The van der Waals surface area contributed by atoms with Crippen molar-refractivity contribution in [2.75, 3.05) is 26.2 Å². The van der Waals surface area contributed by atoms with Gasteiger partial charge < -0.3 is 15.3 Å². The van der Waals surface area contributed by atoms with Gasteiger partial charge >= 0.3 is 5.97 Å². The van der Waals surface area contributed by atoms with Crippen LogP contribution in [0.2, 0.25) is 0 Å². The molecule has 2 N–H and O–H groups in total. The number of likely N-dealkylation sites (tertiary alicyclic amines) is 1. The molecule has 5 heteroatoms. The number of nitrogens with zero attached hydrogens (tertiary/aromatic N) is 2. The summed E-state index contributed by atoms with van der Waals surface area (Å²) in [4.78, 5) is 17.4. The second kappa shape index (κ2) is 7.36. The molecule has 0 aromatic carbocycles. The lowest BCUT2D eigenvalue weighted by Crippen LogP contribution is -2.37. The lowest BCUT2D eigenvalue weighted by molar-refractivity contribution is 0.0690. The molecule has 0 amide bonds. The highest BCUT2D eigenvalue weighted by Gasteiger charge is 2.17. The van der Waals surface area contributed by atoms with Crippen LogP contribution < -0.4 is 5.32 Å². The number of carboxylic acid groups (broad SMARTS) is 1. The van der Waals surface area contributed by atoms with Gasteiger partial charge in [0, 0.05) is 6.54 Å². The number of carboxylic acids is 1. The van der Waals surface area contributed by atoms with Crippen molar-refractivity contribution in [3.63, 3.8) is 0 Å². The number of pyridine rings is 1. The van der Waals surface area contributed by atoms with Crippen molar-refractivity contribution in [1.29, 1.82) is 0 Å². The zero-order valence-corrected chi connectivity index (χ0v) is 12.0. The fraction of sp³-hybridized carbons (Fsp3) is 0.600. The van der Waals surface area contributed by atoms with Crippen LogP contribution in [-0.4, -0.2) is 47.1 Å². The number of piperidine rings is 1. The van der Waals surface area contributed by atoms with Crippen LogP contribution in [0.15, 0.2) is 18.2 Å². The quantitative estimate of drug-likeness (QED) is 0.827. The average Bonchev–Trinajstić information content (AvgIpc) is 2.48. The van der Waals surface area contributed by atoms with Crippen molar-refractivity contribution in [3.8, 4) is 0 Å². The van der Waals surface area contributed by atoms with E-state index in [2.05, 4.69) is 22.1 Å². The Hall–Kier alpha value is -1.46. The summed E-state index contributed by atoms with van der Waals surface area (Å²) < 4.78 is 0. The Kier molecular flexibility index (Phi) is 5.49. The molecule has 0 atom stereocenters. The molecule has 0 aliphatic carbocycles. The zero-order valence-electron chi connectivity index (χ0n) is 12.0. The minimum atomic E-state index is -0.973. The van der Waals surface area contributed by atoms with Crippen molar-refractivity contribution in [3.05, 3.63) is 29.6 Å². The highest BCUT2D eigenvalue weighted by Crippen LogP contribution is 2.15. The maximum atomic E-state index is 10.8. The van der Waals surface area contributed by atoms with Gasteiger partial charge in [0.2, 0.25) is 0 Å². The molecule has 0 saturated carbocycles. The molecule has 2 rings (SSSR count). The highest BCUT2D eigenvalue weighted by atomic mass is 16.4. The van der Waals surface area contributed by atoms with Gasteiger partial charge in [-0.2, -0.15) is 0 Å². The monoisotopic (exact) mass is 277 g/mol. The van der Waals surface area contributed by atoms with Crippen LogP contribution in [0, 0.1) is 5.92 Å². The largest absolute Gasteiger partial charge is 0.477 e. The fourth-order valence-electron chi connectivity index (χ4n) is 2.61. The summed E-state index contributed by atoms with van der Waals surface area (Å²) in [7, 11) is 0. The summed E-state index contributed by atoms with van der Waals surface area (Å²) in [5, 5.41) is 12.3. The second-order valence-corrected chi connectivity index (χ2v) is 5.33. The minimum absolute atomic E-state index is 0.112. The van der Waals surface area contributed by atoms with E-state index < -0.39 is 5.97 Å². The SMILES string of the molecule is CCN1CCC(CNCc2cccc(C(=O)O)n2)CC1. The number of aromatic carboxylic acids is 1. The predicted molar refractivity (Wildman–Crippen MR) is 77.7 cm³/mol. The molecule has 1 fully saturated rings. The standard InChI is InChI=1S/C15H23N3O2/c1-2-18-8-6-12(7-9-18)10-16-11-13-4-3-5-14(17-13)15(19)20/h3-5,12,16H,2,6-11H2,1H3,(H,19,20). The van der Waals surface area contributed by atoms with Crippen molar-refractivity contribution in [2.24, 2.45) is 5.92 Å². The summed E-state index contributed by atoms with van der Waals surface area (Å²) in [5.74, 6) is -0.251. The van der Waals surface area contributed by atoms with E-state index in [9.17, 15) is 4.79 Å². The van der Waals surface area contributed by atoms with Gasteiger partial charge in [0.1, 0.15) is 5.69 Å². The molecular formula is C15H23N3O2. The number of hydrogen-bond donors (Lipinski definition) is 2. The van der Waals surface area contributed by atoms with Gasteiger partial charge in [-0.15, -0.1) is 0 Å². The summed E-state index contributed by atoms with van der Waals surface area (Å²) in [5.41, 5.74) is 0.899. The van der Waals surface area contributed by atoms with Crippen LogP contribution in [-0.2, 0) is 6.54 Å². The maximum Gasteiger partial charge on any atom is 0.354 e. The lowest BCUT2D eigenvalue weighted by Gasteiger charge is -2.31. The third-order valence-corrected chi connectivity index (χ3v) is 3.92. The summed E-state index contributed by atoms with van der Waals surface area (Å²) in [6, 6.07) is 5.12. The Balaban J connectivity index is 1.73. The molecule has 0 unspecified atom stereocenters. The van der Waals surface area contributed by atoms with Gasteiger partial charge in [0.15, 0.2) is 0 Å². The first-order chi connectivity index (χ1) is 9.69. The molecule has 1 aliphatic heterocycles. The molecule has 20 heavy (non-hydrogen) atoms. The summed E-state index contributed by atoms with van der Waals surface area (Å²) in [6.45, 7) is 7.35. The molecule has 1 aromatic heterocycles. The van der Waals surface area contributed by atoms with E-state index >= 15 is 0 Å². The predicted octanol–water partition coefficient (Wildman–Crippen LogP) is 1.60. The second-order valence-electron chi connectivity index (χ2n) is 5.33. The van der Waals surface area contributed by atoms with Crippen molar-refractivity contribution in [2.45, 2.75) is 26.3 Å². The molecule has 1 aliphatic rings. The summed E-state index contributed by atoms with van der Waals surface area (Å²) in [6.07, 6.45) is 2.48. The van der Waals surface area contributed by atoms with E-state index in [-0.39, 0.29) is 5.69 Å². The molecule has 5 nitrogen and oxygen atoms in total.